The Hall–Kier alpha value is -2.32. The van der Waals surface area contributed by atoms with Crippen molar-refractivity contribution in [1.29, 1.82) is 0 Å². The lowest BCUT2D eigenvalue weighted by Gasteiger charge is -2.38. The first-order valence-corrected chi connectivity index (χ1v) is 14.5. The highest BCUT2D eigenvalue weighted by Gasteiger charge is 2.72. The average Bonchev–Trinajstić information content (AvgIpc) is 3.50. The van der Waals surface area contributed by atoms with Crippen LogP contribution < -0.4 is 10.6 Å². The molecule has 3 aliphatic heterocycles. The summed E-state index contributed by atoms with van der Waals surface area (Å²) in [5.74, 6) is -1.03. The van der Waals surface area contributed by atoms with Crippen LogP contribution in [0.15, 0.2) is 41.3 Å². The van der Waals surface area contributed by atoms with Crippen molar-refractivity contribution < 1.29 is 19.1 Å². The summed E-state index contributed by atoms with van der Waals surface area (Å²) >= 11 is 1.60. The number of carbonyl (C=O) groups excluding carboxylic acids is 3. The Morgan fingerprint density at radius 1 is 1.22 bits per heavy atom. The van der Waals surface area contributed by atoms with Gasteiger partial charge in [0.1, 0.15) is 11.6 Å². The van der Waals surface area contributed by atoms with Crippen molar-refractivity contribution in [3.05, 3.63) is 36.4 Å². The Morgan fingerprint density at radius 3 is 2.78 bits per heavy atom. The molecule has 7 nitrogen and oxygen atoms in total. The molecular formula is C28H37N3O4S. The van der Waals surface area contributed by atoms with Crippen molar-refractivity contribution in [3.8, 4) is 0 Å². The number of likely N-dealkylation sites (tertiary alicyclic amines) is 1. The Kier molecular flexibility index (Phi) is 6.94. The van der Waals surface area contributed by atoms with Crippen LogP contribution in [0.4, 0.5) is 5.69 Å². The van der Waals surface area contributed by atoms with Crippen molar-refractivity contribution in [1.82, 2.24) is 10.2 Å². The van der Waals surface area contributed by atoms with E-state index in [2.05, 4.69) is 24.5 Å². The Morgan fingerprint density at radius 2 is 2.03 bits per heavy atom. The second-order valence-corrected chi connectivity index (χ2v) is 11.7. The molecule has 0 radical (unpaired) electrons. The van der Waals surface area contributed by atoms with Gasteiger partial charge in [-0.2, -0.15) is 0 Å². The first-order chi connectivity index (χ1) is 17.3. The number of hydrogen-bond donors (Lipinski definition) is 2. The fraction of sp³-hybridized carbons (Fsp3) is 0.607. The van der Waals surface area contributed by atoms with Gasteiger partial charge < -0.3 is 20.3 Å². The van der Waals surface area contributed by atoms with E-state index >= 15 is 0 Å². The quantitative estimate of drug-likeness (QED) is 0.429. The third-order valence-electron chi connectivity index (χ3n) is 8.76. The van der Waals surface area contributed by atoms with Crippen LogP contribution in [0.5, 0.6) is 0 Å². The number of ether oxygens (including phenoxy) is 1. The minimum Gasteiger partial charge on any atom is -0.359 e. The number of fused-ring (bicyclic) bond motifs is 1. The maximum atomic E-state index is 13.8. The maximum absolute atomic E-state index is 13.8. The molecule has 1 aromatic rings. The summed E-state index contributed by atoms with van der Waals surface area (Å²) in [5, 5.41) is 6.29. The summed E-state index contributed by atoms with van der Waals surface area (Å²) in [6, 6.07) is 6.97. The van der Waals surface area contributed by atoms with E-state index in [1.165, 1.54) is 6.42 Å². The van der Waals surface area contributed by atoms with Gasteiger partial charge in [0.15, 0.2) is 0 Å². The highest BCUT2D eigenvalue weighted by molar-refractivity contribution is 7.98. The highest BCUT2D eigenvalue weighted by atomic mass is 32.2. The monoisotopic (exact) mass is 511 g/mol. The van der Waals surface area contributed by atoms with Gasteiger partial charge in [0.2, 0.25) is 17.7 Å². The standard InChI is InChI=1S/C28H37N3O4S/c1-5-14-31-24(26(33)30-20-11-6-8-16(2)17(20)3)28-13-12-21(35-28)22(23(28)27(31)34)25(32)29-18-9-7-10-19(15-18)36-4/h7,9-10,12-13,15-17,20-24H,5-6,8,11,14H2,1-4H3,(H,29,32)(H,30,33)/t16-,17+,20+,21+,22+,23+,24-,28-/m0/s1. The lowest BCUT2D eigenvalue weighted by molar-refractivity contribution is -0.141. The van der Waals surface area contributed by atoms with Gasteiger partial charge in [-0.25, -0.2) is 0 Å². The number of nitrogens with one attached hydrogen (secondary N) is 2. The number of carbonyl (C=O) groups is 3. The molecule has 8 atom stereocenters. The molecule has 0 unspecified atom stereocenters. The zero-order chi connectivity index (χ0) is 25.6. The second kappa shape index (κ2) is 9.86. The molecule has 3 amide bonds. The van der Waals surface area contributed by atoms with Crippen LogP contribution in [0.25, 0.3) is 0 Å². The van der Waals surface area contributed by atoms with Crippen LogP contribution in [0.1, 0.15) is 46.5 Å². The largest absolute Gasteiger partial charge is 0.359 e. The molecule has 8 heteroatoms. The molecule has 194 valence electrons. The third kappa shape index (κ3) is 4.06. The summed E-state index contributed by atoms with van der Waals surface area (Å²) in [6.45, 7) is 6.89. The highest BCUT2D eigenvalue weighted by Crippen LogP contribution is 2.55. The van der Waals surface area contributed by atoms with E-state index in [1.807, 2.05) is 49.6 Å². The average molecular weight is 512 g/mol. The van der Waals surface area contributed by atoms with Gasteiger partial charge in [0, 0.05) is 23.2 Å². The van der Waals surface area contributed by atoms with Crippen LogP contribution in [0.2, 0.25) is 0 Å². The summed E-state index contributed by atoms with van der Waals surface area (Å²) in [7, 11) is 0. The fourth-order valence-corrected chi connectivity index (χ4v) is 7.18. The van der Waals surface area contributed by atoms with Crippen molar-refractivity contribution in [3.63, 3.8) is 0 Å². The Labute approximate surface area is 217 Å². The molecule has 36 heavy (non-hydrogen) atoms. The van der Waals surface area contributed by atoms with Crippen LogP contribution in [0, 0.1) is 23.7 Å². The smallest absolute Gasteiger partial charge is 0.246 e. The van der Waals surface area contributed by atoms with E-state index in [4.69, 9.17) is 4.74 Å². The van der Waals surface area contributed by atoms with Crippen molar-refractivity contribution in [2.75, 3.05) is 18.1 Å². The molecule has 1 aromatic carbocycles. The third-order valence-corrected chi connectivity index (χ3v) is 9.49. The molecule has 5 rings (SSSR count). The Balaban J connectivity index is 1.41. The predicted octanol–water partition coefficient (Wildman–Crippen LogP) is 3.85. The molecule has 1 spiro atoms. The SMILES string of the molecule is CCCN1C(=O)[C@H]2[C@H](C(=O)Nc3cccc(SC)c3)[C@H]3C=C[C@@]2(O3)[C@@H]1C(=O)N[C@@H]1CCC[C@H](C)[C@H]1C. The van der Waals surface area contributed by atoms with Crippen molar-refractivity contribution in [2.24, 2.45) is 23.7 Å². The zero-order valence-corrected chi connectivity index (χ0v) is 22.3. The lowest BCUT2D eigenvalue weighted by Crippen LogP contribution is -2.57. The maximum Gasteiger partial charge on any atom is 0.246 e. The summed E-state index contributed by atoms with van der Waals surface area (Å²) < 4.78 is 6.42. The number of benzene rings is 1. The fourth-order valence-electron chi connectivity index (χ4n) is 6.72. The number of thioether (sulfide) groups is 1. The van der Waals surface area contributed by atoms with E-state index in [-0.39, 0.29) is 23.8 Å². The number of nitrogens with zero attached hydrogens (tertiary/aromatic N) is 1. The molecule has 1 aliphatic carbocycles. The van der Waals surface area contributed by atoms with Crippen LogP contribution >= 0.6 is 11.8 Å². The summed E-state index contributed by atoms with van der Waals surface area (Å²) in [4.78, 5) is 43.9. The van der Waals surface area contributed by atoms with E-state index in [0.29, 0.717) is 24.1 Å². The first-order valence-electron chi connectivity index (χ1n) is 13.2. The molecule has 3 heterocycles. The minimum atomic E-state index is -1.10. The van der Waals surface area contributed by atoms with Crippen LogP contribution in [0.3, 0.4) is 0 Å². The van der Waals surface area contributed by atoms with E-state index < -0.39 is 29.6 Å². The van der Waals surface area contributed by atoms with Crippen molar-refractivity contribution >= 4 is 35.2 Å². The molecule has 1 saturated carbocycles. The van der Waals surface area contributed by atoms with Gasteiger partial charge in [0.25, 0.3) is 0 Å². The lowest BCUT2D eigenvalue weighted by atomic mass is 9.73. The normalized spacial score (nSPS) is 36.7. The van der Waals surface area contributed by atoms with Gasteiger partial charge in [-0.3, -0.25) is 14.4 Å². The zero-order valence-electron chi connectivity index (χ0n) is 21.5. The Bertz CT molecular complexity index is 1080. The summed E-state index contributed by atoms with van der Waals surface area (Å²) in [5.41, 5.74) is -0.411. The van der Waals surface area contributed by atoms with Gasteiger partial charge in [-0.05, 0) is 49.1 Å². The van der Waals surface area contributed by atoms with Crippen molar-refractivity contribution in [2.45, 2.75) is 75.1 Å². The van der Waals surface area contributed by atoms with Crippen LogP contribution in [-0.4, -0.2) is 59.2 Å². The predicted molar refractivity (Wildman–Crippen MR) is 140 cm³/mol. The topological polar surface area (TPSA) is 87.7 Å². The molecule has 2 N–H and O–H groups in total. The minimum absolute atomic E-state index is 0.0840. The van der Waals surface area contributed by atoms with E-state index in [0.717, 1.165) is 24.2 Å². The molecular weight excluding hydrogens is 474 g/mol. The molecule has 2 saturated heterocycles. The number of rotatable bonds is 7. The van der Waals surface area contributed by atoms with Gasteiger partial charge in [-0.1, -0.05) is 51.8 Å². The molecule has 4 aliphatic rings. The number of amides is 3. The molecule has 0 aromatic heterocycles. The molecule has 2 bridgehead atoms. The van der Waals surface area contributed by atoms with Crippen LogP contribution in [-0.2, 0) is 19.1 Å². The van der Waals surface area contributed by atoms with Gasteiger partial charge in [-0.15, -0.1) is 11.8 Å². The summed E-state index contributed by atoms with van der Waals surface area (Å²) in [6.07, 6.45) is 9.15. The second-order valence-electron chi connectivity index (χ2n) is 10.8. The van der Waals surface area contributed by atoms with E-state index in [9.17, 15) is 14.4 Å². The van der Waals surface area contributed by atoms with E-state index in [1.54, 1.807) is 16.7 Å². The van der Waals surface area contributed by atoms with Gasteiger partial charge >= 0.3 is 0 Å². The molecule has 3 fully saturated rings. The number of anilines is 1. The van der Waals surface area contributed by atoms with Gasteiger partial charge in [0.05, 0.1) is 17.9 Å². The number of hydrogen-bond acceptors (Lipinski definition) is 5. The first kappa shape index (κ1) is 25.3.